The van der Waals surface area contributed by atoms with Crippen LogP contribution in [-0.4, -0.2) is 40.7 Å². The number of carboxylic acid groups (broad SMARTS) is 1. The number of aromatic nitrogens is 2. The summed E-state index contributed by atoms with van der Waals surface area (Å²) < 4.78 is 33.8. The molecule has 4 rings (SSSR count). The quantitative estimate of drug-likeness (QED) is 0.607. The van der Waals surface area contributed by atoms with Crippen LogP contribution in [0, 0.1) is 17.6 Å². The molecule has 0 bridgehead atoms. The lowest BCUT2D eigenvalue weighted by Crippen LogP contribution is -2.36. The zero-order chi connectivity index (χ0) is 23.4. The van der Waals surface area contributed by atoms with Crippen LogP contribution < -0.4 is 10.3 Å². The number of nitrogens with zero attached hydrogens (tertiary/aromatic N) is 3. The maximum Gasteiger partial charge on any atom is 0.411 e. The van der Waals surface area contributed by atoms with Gasteiger partial charge in [0, 0.05) is 50.2 Å². The van der Waals surface area contributed by atoms with Crippen LogP contribution in [0.1, 0.15) is 24.1 Å². The van der Waals surface area contributed by atoms with E-state index in [0.717, 1.165) is 31.0 Å². The van der Waals surface area contributed by atoms with Crippen LogP contribution in [0.2, 0.25) is 0 Å². The minimum absolute atomic E-state index is 0.135. The van der Waals surface area contributed by atoms with Gasteiger partial charge in [-0.25, -0.2) is 18.3 Å². The van der Waals surface area contributed by atoms with Gasteiger partial charge in [0.05, 0.1) is 5.69 Å². The molecule has 1 aliphatic heterocycles. The molecule has 33 heavy (non-hydrogen) atoms. The number of carbonyl (C=O) groups is 1. The largest absolute Gasteiger partial charge is 0.465 e. The van der Waals surface area contributed by atoms with Crippen molar-refractivity contribution in [2.45, 2.75) is 19.3 Å². The summed E-state index contributed by atoms with van der Waals surface area (Å²) in [6.07, 6.45) is 2.04. The molecule has 1 N–H and O–H groups in total. The molecule has 0 unspecified atom stereocenters. The molecule has 1 aromatic heterocycles. The third-order valence-electron chi connectivity index (χ3n) is 5.60. The fourth-order valence-electron chi connectivity index (χ4n) is 3.89. The van der Waals surface area contributed by atoms with E-state index in [9.17, 15) is 23.5 Å². The van der Waals surface area contributed by atoms with E-state index in [1.807, 2.05) is 0 Å². The van der Waals surface area contributed by atoms with Crippen molar-refractivity contribution >= 4 is 11.8 Å². The molecule has 3 aromatic rings. The first-order valence-electron chi connectivity index (χ1n) is 10.6. The van der Waals surface area contributed by atoms with Gasteiger partial charge >= 0.3 is 6.09 Å². The highest BCUT2D eigenvalue weighted by Crippen LogP contribution is 2.23. The predicted octanol–water partition coefficient (Wildman–Crippen LogP) is 4.01. The topological polar surface area (TPSA) is 84.7 Å². The van der Waals surface area contributed by atoms with Gasteiger partial charge in [0.25, 0.3) is 0 Å². The number of hydrogen-bond acceptors (Lipinski definition) is 4. The molecule has 9 heteroatoms. The summed E-state index contributed by atoms with van der Waals surface area (Å²) in [5.41, 5.74) is 1.20. The summed E-state index contributed by atoms with van der Waals surface area (Å²) in [7, 11) is 0. The van der Waals surface area contributed by atoms with Crippen molar-refractivity contribution < 1.29 is 23.4 Å². The van der Waals surface area contributed by atoms with Gasteiger partial charge in [-0.3, -0.25) is 9.69 Å². The van der Waals surface area contributed by atoms with Crippen molar-refractivity contribution in [2.24, 2.45) is 5.92 Å². The van der Waals surface area contributed by atoms with Crippen molar-refractivity contribution in [3.8, 4) is 5.69 Å². The first-order valence-corrected chi connectivity index (χ1v) is 10.6. The number of anilines is 1. The Morgan fingerprint density at radius 1 is 1.12 bits per heavy atom. The summed E-state index contributed by atoms with van der Waals surface area (Å²) in [6, 6.07) is 11.2. The number of hydrogen-bond donors (Lipinski definition) is 1. The van der Waals surface area contributed by atoms with Gasteiger partial charge in [-0.05, 0) is 48.6 Å². The molecule has 0 spiro atoms. The van der Waals surface area contributed by atoms with E-state index in [2.05, 4.69) is 5.10 Å². The highest BCUT2D eigenvalue weighted by molar-refractivity contribution is 5.86. The average Bonchev–Trinajstić information content (AvgIpc) is 2.79. The van der Waals surface area contributed by atoms with Crippen LogP contribution in [0.15, 0.2) is 59.5 Å². The third kappa shape index (κ3) is 5.61. The molecule has 1 amide bonds. The first kappa shape index (κ1) is 22.6. The number of benzene rings is 2. The lowest BCUT2D eigenvalue weighted by molar-refractivity contribution is 0.0680. The summed E-state index contributed by atoms with van der Waals surface area (Å²) in [5, 5.41) is 14.0. The number of amides is 1. The second-order valence-corrected chi connectivity index (χ2v) is 7.99. The molecule has 1 saturated heterocycles. The Bertz CT molecular complexity index is 1190. The van der Waals surface area contributed by atoms with Gasteiger partial charge in [0.2, 0.25) is 5.43 Å². The van der Waals surface area contributed by atoms with E-state index in [4.69, 9.17) is 4.74 Å². The number of rotatable bonds is 6. The number of halogens is 2. The Kier molecular flexibility index (Phi) is 6.79. The van der Waals surface area contributed by atoms with Crippen LogP contribution in [0.3, 0.4) is 0 Å². The van der Waals surface area contributed by atoms with Gasteiger partial charge in [-0.1, -0.05) is 12.1 Å². The van der Waals surface area contributed by atoms with Crippen LogP contribution >= 0.6 is 0 Å². The summed E-state index contributed by atoms with van der Waals surface area (Å²) in [6.45, 7) is 1.61. The van der Waals surface area contributed by atoms with Crippen LogP contribution in [-0.2, 0) is 11.2 Å². The molecule has 0 radical (unpaired) electrons. The minimum atomic E-state index is -1.05. The molecule has 2 aromatic carbocycles. The molecule has 2 heterocycles. The van der Waals surface area contributed by atoms with Crippen molar-refractivity contribution in [1.29, 1.82) is 0 Å². The van der Waals surface area contributed by atoms with Crippen molar-refractivity contribution in [3.63, 3.8) is 0 Å². The maximum atomic E-state index is 13.6. The van der Waals surface area contributed by atoms with Crippen molar-refractivity contribution in [3.05, 3.63) is 87.8 Å². The van der Waals surface area contributed by atoms with Gasteiger partial charge in [0.1, 0.15) is 17.3 Å². The van der Waals surface area contributed by atoms with E-state index in [1.165, 1.54) is 21.8 Å². The second kappa shape index (κ2) is 9.91. The minimum Gasteiger partial charge on any atom is -0.465 e. The van der Waals surface area contributed by atoms with Gasteiger partial charge in [-0.15, -0.1) is 0 Å². The highest BCUT2D eigenvalue weighted by Gasteiger charge is 2.22. The maximum absolute atomic E-state index is 13.6. The fraction of sp³-hybridized carbons (Fsp3) is 0.292. The molecule has 0 atom stereocenters. The molecule has 0 aliphatic carbocycles. The van der Waals surface area contributed by atoms with Gasteiger partial charge in [0.15, 0.2) is 0 Å². The van der Waals surface area contributed by atoms with Gasteiger partial charge < -0.3 is 9.84 Å². The van der Waals surface area contributed by atoms with Gasteiger partial charge in [-0.2, -0.15) is 5.10 Å². The average molecular weight is 455 g/mol. The molecular weight excluding hydrogens is 432 g/mol. The zero-order valence-corrected chi connectivity index (χ0v) is 17.8. The smallest absolute Gasteiger partial charge is 0.411 e. The first-order chi connectivity index (χ1) is 15.9. The molecular formula is C24H23F2N3O4. The molecule has 1 fully saturated rings. The Balaban J connectivity index is 1.59. The van der Waals surface area contributed by atoms with E-state index in [1.54, 1.807) is 24.3 Å². The monoisotopic (exact) mass is 455 g/mol. The molecule has 1 aliphatic rings. The van der Waals surface area contributed by atoms with E-state index in [0.29, 0.717) is 31.0 Å². The lowest BCUT2D eigenvalue weighted by Gasteiger charge is -2.28. The normalized spacial score (nSPS) is 14.2. The summed E-state index contributed by atoms with van der Waals surface area (Å²) in [4.78, 5) is 25.6. The summed E-state index contributed by atoms with van der Waals surface area (Å²) >= 11 is 0. The highest BCUT2D eigenvalue weighted by atomic mass is 19.1. The Morgan fingerprint density at radius 2 is 1.85 bits per heavy atom. The third-order valence-corrected chi connectivity index (χ3v) is 5.60. The number of ether oxygens (including phenoxy) is 1. The van der Waals surface area contributed by atoms with E-state index < -0.39 is 17.7 Å². The predicted molar refractivity (Wildman–Crippen MR) is 118 cm³/mol. The molecule has 7 nitrogen and oxygen atoms in total. The Morgan fingerprint density at radius 3 is 2.55 bits per heavy atom. The Hall–Kier alpha value is -3.59. The standard InChI is InChI=1S/C24H23F2N3O4/c25-18-12-19(26)14-21(13-18)29-7-4-23(30)22(27-29)11-17-2-1-3-20(10-17)28(24(31)32)15-16-5-8-33-9-6-16/h1-4,7,10,12-14,16H,5-6,8-9,11,15H2,(H,31,32). The van der Waals surface area contributed by atoms with Crippen LogP contribution in [0.4, 0.5) is 19.3 Å². The van der Waals surface area contributed by atoms with Crippen molar-refractivity contribution in [2.75, 3.05) is 24.7 Å². The molecule has 0 saturated carbocycles. The van der Waals surface area contributed by atoms with Crippen LogP contribution in [0.25, 0.3) is 5.69 Å². The second-order valence-electron chi connectivity index (χ2n) is 7.99. The lowest BCUT2D eigenvalue weighted by atomic mass is 9.99. The zero-order valence-electron chi connectivity index (χ0n) is 17.8. The SMILES string of the molecule is O=C(O)N(CC1CCOCC1)c1cccc(Cc2nn(-c3cc(F)cc(F)c3)ccc2=O)c1. The van der Waals surface area contributed by atoms with E-state index >= 15 is 0 Å². The van der Waals surface area contributed by atoms with E-state index in [-0.39, 0.29) is 29.1 Å². The Labute approximate surface area is 188 Å². The van der Waals surface area contributed by atoms with Crippen molar-refractivity contribution in [1.82, 2.24) is 9.78 Å². The van der Waals surface area contributed by atoms with Crippen LogP contribution in [0.5, 0.6) is 0 Å². The molecule has 172 valence electrons. The summed E-state index contributed by atoms with van der Waals surface area (Å²) in [5.74, 6) is -1.29. The fourth-order valence-corrected chi connectivity index (χ4v) is 3.89.